The van der Waals surface area contributed by atoms with Crippen LogP contribution in [0.5, 0.6) is 11.5 Å². The van der Waals surface area contributed by atoms with Gasteiger partial charge in [0.15, 0.2) is 11.5 Å². The van der Waals surface area contributed by atoms with E-state index in [-0.39, 0.29) is 24.0 Å². The molecule has 0 fully saturated rings. The molecule has 0 aliphatic rings. The van der Waals surface area contributed by atoms with Crippen molar-refractivity contribution in [1.29, 1.82) is 0 Å². The molecule has 0 saturated carbocycles. The van der Waals surface area contributed by atoms with Crippen molar-refractivity contribution in [3.8, 4) is 11.5 Å². The van der Waals surface area contributed by atoms with Gasteiger partial charge in [-0.05, 0) is 42.9 Å². The lowest BCUT2D eigenvalue weighted by atomic mass is 10.1. The zero-order chi connectivity index (χ0) is 23.3. The molecule has 0 atom stereocenters. The van der Waals surface area contributed by atoms with Gasteiger partial charge in [-0.3, -0.25) is 4.79 Å². The average Bonchev–Trinajstić information content (AvgIpc) is 2.68. The number of phosphoric acid groups is 1. The van der Waals surface area contributed by atoms with Gasteiger partial charge in [0.05, 0.1) is 7.11 Å². The Kier molecular flexibility index (Phi) is 11.9. The number of unbranched alkanes of at least 4 members (excludes halogenated alkanes) is 2. The molecule has 0 saturated heterocycles. The van der Waals surface area contributed by atoms with Gasteiger partial charge in [0.2, 0.25) is 12.7 Å². The third kappa shape index (κ3) is 12.8. The molecule has 0 radical (unpaired) electrons. The summed E-state index contributed by atoms with van der Waals surface area (Å²) in [4.78, 5) is 40.6. The third-order valence-corrected chi connectivity index (χ3v) is 4.30. The van der Waals surface area contributed by atoms with E-state index in [0.717, 1.165) is 24.8 Å². The topological polar surface area (TPSA) is 141 Å². The summed E-state index contributed by atoms with van der Waals surface area (Å²) in [6.07, 6.45) is 6.21. The minimum absolute atomic E-state index is 0.0354. The van der Waals surface area contributed by atoms with Gasteiger partial charge in [-0.25, -0.2) is 13.9 Å². The maximum absolute atomic E-state index is 12.0. The monoisotopic (exact) mass is 459 g/mol. The quantitative estimate of drug-likeness (QED) is 0.101. The van der Waals surface area contributed by atoms with E-state index < -0.39 is 20.8 Å². The Bertz CT molecular complexity index is 789. The summed E-state index contributed by atoms with van der Waals surface area (Å²) in [6, 6.07) is 4.67. The smallest absolute Gasteiger partial charge is 0.493 e. The first kappa shape index (κ1) is 26.6. The highest BCUT2D eigenvalue weighted by Crippen LogP contribution is 2.35. The fraction of sp³-hybridized carbons (Fsp3) is 0.500. The second kappa shape index (κ2) is 13.8. The van der Waals surface area contributed by atoms with Crippen LogP contribution in [0.25, 0.3) is 0 Å². The third-order valence-electron chi connectivity index (χ3n) is 3.85. The van der Waals surface area contributed by atoms with Gasteiger partial charge in [-0.2, -0.15) is 0 Å². The fourth-order valence-corrected chi connectivity index (χ4v) is 2.56. The summed E-state index contributed by atoms with van der Waals surface area (Å²) in [5.41, 5.74) is 0.732. The molecule has 1 amide bonds. The minimum atomic E-state index is -4.75. The Morgan fingerprint density at radius 2 is 1.94 bits per heavy atom. The second-order valence-corrected chi connectivity index (χ2v) is 8.15. The van der Waals surface area contributed by atoms with E-state index in [1.807, 2.05) is 0 Å². The van der Waals surface area contributed by atoms with Gasteiger partial charge >= 0.3 is 14.0 Å². The van der Waals surface area contributed by atoms with Crippen LogP contribution in [0, 0.1) is 5.92 Å². The van der Waals surface area contributed by atoms with Crippen molar-refractivity contribution in [3.05, 3.63) is 35.9 Å². The normalized spacial score (nSPS) is 11.5. The Hall–Kier alpha value is -2.39. The van der Waals surface area contributed by atoms with Gasteiger partial charge in [-0.15, -0.1) is 0 Å². The van der Waals surface area contributed by atoms with Crippen molar-refractivity contribution in [2.24, 2.45) is 5.92 Å². The summed E-state index contributed by atoms with van der Waals surface area (Å²) in [7, 11) is -3.38. The van der Waals surface area contributed by atoms with Crippen LogP contribution in [-0.4, -0.2) is 35.8 Å². The standard InChI is InChI=1S/C20H30NO9P/c1-15(2)8-6-4-5-7-9-19(22)21-13-16-10-11-17(18(12-16)27-3)30-20(23)28-14-29-31(24,25)26/h6,8,10-12,15H,4-5,7,9,13-14H2,1-3H3,(H,21,22)(H2,24,25,26)/b8-6+. The largest absolute Gasteiger partial charge is 0.516 e. The summed E-state index contributed by atoms with van der Waals surface area (Å²) in [6.45, 7) is 3.55. The molecule has 0 heterocycles. The highest BCUT2D eigenvalue weighted by atomic mass is 31.2. The van der Waals surface area contributed by atoms with Gasteiger partial charge in [0.25, 0.3) is 0 Å². The SMILES string of the molecule is COc1cc(CNC(=O)CCCC/C=C/C(C)C)ccc1OC(=O)OCOP(=O)(O)O. The zero-order valence-electron chi connectivity index (χ0n) is 17.9. The number of amides is 1. The van der Waals surface area contributed by atoms with Crippen LogP contribution in [0.1, 0.15) is 45.1 Å². The maximum Gasteiger partial charge on any atom is 0.516 e. The first-order valence-electron chi connectivity index (χ1n) is 9.75. The number of carbonyl (C=O) groups is 2. The molecular formula is C20H30NO9P. The fourth-order valence-electron chi connectivity index (χ4n) is 2.37. The number of hydrogen-bond donors (Lipinski definition) is 3. The number of hydrogen-bond acceptors (Lipinski definition) is 7. The van der Waals surface area contributed by atoms with Crippen LogP contribution in [0.15, 0.2) is 30.4 Å². The Morgan fingerprint density at radius 3 is 2.58 bits per heavy atom. The zero-order valence-corrected chi connectivity index (χ0v) is 18.8. The summed E-state index contributed by atoms with van der Waals surface area (Å²) in [5, 5.41) is 2.83. The molecule has 31 heavy (non-hydrogen) atoms. The molecule has 174 valence electrons. The van der Waals surface area contributed by atoms with Crippen molar-refractivity contribution in [1.82, 2.24) is 5.32 Å². The number of rotatable bonds is 13. The number of allylic oxidation sites excluding steroid dienone is 2. The molecule has 1 rings (SSSR count). The molecule has 11 heteroatoms. The molecule has 0 unspecified atom stereocenters. The summed E-state index contributed by atoms with van der Waals surface area (Å²) in [5.74, 6) is 0.732. The van der Waals surface area contributed by atoms with E-state index in [9.17, 15) is 14.2 Å². The van der Waals surface area contributed by atoms with Gasteiger partial charge in [0, 0.05) is 13.0 Å². The van der Waals surface area contributed by atoms with Crippen LogP contribution in [0.3, 0.4) is 0 Å². The molecule has 3 N–H and O–H groups in total. The van der Waals surface area contributed by atoms with Crippen molar-refractivity contribution in [2.45, 2.75) is 46.1 Å². The first-order chi connectivity index (χ1) is 14.6. The first-order valence-corrected chi connectivity index (χ1v) is 11.3. The minimum Gasteiger partial charge on any atom is -0.493 e. The van der Waals surface area contributed by atoms with E-state index in [1.54, 1.807) is 12.1 Å². The van der Waals surface area contributed by atoms with Crippen LogP contribution in [0.4, 0.5) is 4.79 Å². The molecular weight excluding hydrogens is 429 g/mol. The van der Waals surface area contributed by atoms with Crippen molar-refractivity contribution < 1.29 is 42.7 Å². The highest BCUT2D eigenvalue weighted by Gasteiger charge is 2.17. The Morgan fingerprint density at radius 1 is 1.19 bits per heavy atom. The van der Waals surface area contributed by atoms with Gasteiger partial charge < -0.3 is 29.3 Å². The average molecular weight is 459 g/mol. The Balaban J connectivity index is 2.43. The predicted octanol–water partition coefficient (Wildman–Crippen LogP) is 3.67. The number of carbonyl (C=O) groups excluding carboxylic acids is 2. The number of nitrogens with one attached hydrogen (secondary N) is 1. The van der Waals surface area contributed by atoms with Crippen molar-refractivity contribution in [3.63, 3.8) is 0 Å². The van der Waals surface area contributed by atoms with Crippen LogP contribution in [-0.2, 0) is 25.2 Å². The summed E-state index contributed by atoms with van der Waals surface area (Å²) >= 11 is 0. The number of methoxy groups -OCH3 is 1. The van der Waals surface area contributed by atoms with Crippen LogP contribution < -0.4 is 14.8 Å². The molecule has 0 bridgehead atoms. The van der Waals surface area contributed by atoms with E-state index in [0.29, 0.717) is 12.3 Å². The molecule has 1 aromatic rings. The van der Waals surface area contributed by atoms with Crippen LogP contribution in [0.2, 0.25) is 0 Å². The number of benzene rings is 1. The van der Waals surface area contributed by atoms with Gasteiger partial charge in [-0.1, -0.05) is 32.1 Å². The lowest BCUT2D eigenvalue weighted by molar-refractivity contribution is -0.121. The lowest BCUT2D eigenvalue weighted by Gasteiger charge is -2.12. The number of ether oxygens (including phenoxy) is 3. The Labute approximate surface area is 181 Å². The van der Waals surface area contributed by atoms with E-state index >= 15 is 0 Å². The van der Waals surface area contributed by atoms with E-state index in [1.165, 1.54) is 13.2 Å². The van der Waals surface area contributed by atoms with Crippen molar-refractivity contribution >= 4 is 19.9 Å². The molecule has 10 nitrogen and oxygen atoms in total. The van der Waals surface area contributed by atoms with Crippen molar-refractivity contribution in [2.75, 3.05) is 13.9 Å². The number of phosphoric ester groups is 1. The second-order valence-electron chi connectivity index (χ2n) is 6.91. The molecule has 0 aliphatic heterocycles. The van der Waals surface area contributed by atoms with Crippen LogP contribution >= 0.6 is 7.82 Å². The lowest BCUT2D eigenvalue weighted by Crippen LogP contribution is -2.22. The molecule has 0 aromatic heterocycles. The van der Waals surface area contributed by atoms with Gasteiger partial charge in [0.1, 0.15) is 0 Å². The molecule has 1 aromatic carbocycles. The molecule has 0 aliphatic carbocycles. The molecule has 0 spiro atoms. The van der Waals surface area contributed by atoms with E-state index in [2.05, 4.69) is 40.6 Å². The predicted molar refractivity (Wildman–Crippen MR) is 112 cm³/mol. The maximum atomic E-state index is 12.0. The van der Waals surface area contributed by atoms with E-state index in [4.69, 9.17) is 19.3 Å². The highest BCUT2D eigenvalue weighted by molar-refractivity contribution is 7.46. The summed E-state index contributed by atoms with van der Waals surface area (Å²) < 4.78 is 29.0.